The van der Waals surface area contributed by atoms with Crippen LogP contribution in [0.2, 0.25) is 0 Å². The maximum absolute atomic E-state index is 12.6. The Hall–Kier alpha value is -1.55. The number of nitrogens with one attached hydrogen (secondary N) is 1. The maximum Gasteiger partial charge on any atom is 0.230 e. The van der Waals surface area contributed by atoms with Crippen molar-refractivity contribution in [1.82, 2.24) is 10.3 Å². The van der Waals surface area contributed by atoms with Gasteiger partial charge in [-0.05, 0) is 80.8 Å². The Bertz CT molecular complexity index is 829. The molecule has 1 heterocycles. The molecule has 4 aliphatic rings. The molecule has 1 amide bonds. The maximum atomic E-state index is 12.6. The second-order valence-electron chi connectivity index (χ2n) is 9.20. The van der Waals surface area contributed by atoms with E-state index in [9.17, 15) is 4.79 Å². The molecule has 0 saturated heterocycles. The quantitative estimate of drug-likeness (QED) is 0.738. The summed E-state index contributed by atoms with van der Waals surface area (Å²) in [6.07, 6.45) is 8.34. The summed E-state index contributed by atoms with van der Waals surface area (Å²) in [5.41, 5.74) is 1.36. The SMILES string of the molecule is CC(NC(=O)CSc1ccc2ccccc2n1)C12CC3CC(CC(C3)C1)C2. The van der Waals surface area contributed by atoms with Gasteiger partial charge in [0.2, 0.25) is 5.91 Å². The standard InChI is InChI=1S/C23H28N2OS/c1-15(23-11-16-8-17(12-23)10-18(9-16)13-23)24-21(26)14-27-22-7-6-19-4-2-3-5-20(19)25-22/h2-7,15-18H,8-14H2,1H3,(H,24,26). The summed E-state index contributed by atoms with van der Waals surface area (Å²) in [6.45, 7) is 2.25. The molecular weight excluding hydrogens is 352 g/mol. The zero-order valence-electron chi connectivity index (χ0n) is 16.0. The summed E-state index contributed by atoms with van der Waals surface area (Å²) < 4.78 is 0. The van der Waals surface area contributed by atoms with Crippen molar-refractivity contribution in [2.75, 3.05) is 5.75 Å². The molecule has 1 unspecified atom stereocenters. The average Bonchev–Trinajstić information content (AvgIpc) is 2.65. The molecule has 1 aromatic heterocycles. The number of hydrogen-bond acceptors (Lipinski definition) is 3. The van der Waals surface area contributed by atoms with Crippen molar-refractivity contribution in [2.24, 2.45) is 23.2 Å². The van der Waals surface area contributed by atoms with Crippen LogP contribution in [0.4, 0.5) is 0 Å². The average molecular weight is 381 g/mol. The van der Waals surface area contributed by atoms with E-state index in [0.29, 0.717) is 17.2 Å². The van der Waals surface area contributed by atoms with Crippen LogP contribution in [0.25, 0.3) is 10.9 Å². The summed E-state index contributed by atoms with van der Waals surface area (Å²) in [6, 6.07) is 12.5. The third-order valence-corrected chi connectivity index (χ3v) is 8.24. The van der Waals surface area contributed by atoms with Gasteiger partial charge < -0.3 is 5.32 Å². The highest BCUT2D eigenvalue weighted by Crippen LogP contribution is 2.61. The highest BCUT2D eigenvalue weighted by molar-refractivity contribution is 7.99. The van der Waals surface area contributed by atoms with Crippen molar-refractivity contribution < 1.29 is 4.79 Å². The van der Waals surface area contributed by atoms with Crippen LogP contribution in [0.1, 0.15) is 45.4 Å². The second-order valence-corrected chi connectivity index (χ2v) is 10.2. The molecule has 4 fully saturated rings. The van der Waals surface area contributed by atoms with Crippen LogP contribution < -0.4 is 5.32 Å². The molecule has 4 aliphatic carbocycles. The van der Waals surface area contributed by atoms with E-state index in [2.05, 4.69) is 29.4 Å². The van der Waals surface area contributed by atoms with Gasteiger partial charge in [-0.3, -0.25) is 4.79 Å². The van der Waals surface area contributed by atoms with Crippen molar-refractivity contribution in [3.8, 4) is 0 Å². The van der Waals surface area contributed by atoms with Crippen LogP contribution in [0, 0.1) is 23.2 Å². The minimum absolute atomic E-state index is 0.151. The monoisotopic (exact) mass is 380 g/mol. The van der Waals surface area contributed by atoms with Gasteiger partial charge in [-0.1, -0.05) is 36.0 Å². The van der Waals surface area contributed by atoms with Gasteiger partial charge in [-0.15, -0.1) is 0 Å². The normalized spacial score (nSPS) is 32.6. The minimum atomic E-state index is 0.151. The van der Waals surface area contributed by atoms with Crippen molar-refractivity contribution in [3.63, 3.8) is 0 Å². The van der Waals surface area contributed by atoms with Crippen LogP contribution in [-0.4, -0.2) is 22.7 Å². The Kier molecular flexibility index (Phi) is 4.42. The predicted molar refractivity (Wildman–Crippen MR) is 111 cm³/mol. The molecule has 0 radical (unpaired) electrons. The third-order valence-electron chi connectivity index (χ3n) is 7.31. The number of carbonyl (C=O) groups excluding carboxylic acids is 1. The lowest BCUT2D eigenvalue weighted by molar-refractivity contribution is -0.123. The van der Waals surface area contributed by atoms with Gasteiger partial charge in [0.15, 0.2) is 0 Å². The number of benzene rings is 1. The highest BCUT2D eigenvalue weighted by atomic mass is 32.2. The summed E-state index contributed by atoms with van der Waals surface area (Å²) in [4.78, 5) is 17.3. The Balaban J connectivity index is 1.20. The lowest BCUT2D eigenvalue weighted by Gasteiger charge is -2.59. The fourth-order valence-electron chi connectivity index (χ4n) is 6.41. The van der Waals surface area contributed by atoms with E-state index in [1.165, 1.54) is 50.3 Å². The fraction of sp³-hybridized carbons (Fsp3) is 0.565. The Labute approximate surface area is 165 Å². The first-order valence-corrected chi connectivity index (χ1v) is 11.4. The number of nitrogens with zero attached hydrogens (tertiary/aromatic N) is 1. The number of hydrogen-bond donors (Lipinski definition) is 1. The number of rotatable bonds is 5. The molecule has 1 aromatic carbocycles. The minimum Gasteiger partial charge on any atom is -0.352 e. The lowest BCUT2D eigenvalue weighted by Crippen LogP contribution is -2.56. The molecule has 1 atom stereocenters. The predicted octanol–water partition coefficient (Wildman–Crippen LogP) is 5.05. The molecular formula is C23H28N2OS. The molecule has 0 aliphatic heterocycles. The summed E-state index contributed by atoms with van der Waals surface area (Å²) in [5.74, 6) is 3.37. The largest absolute Gasteiger partial charge is 0.352 e. The molecule has 4 saturated carbocycles. The second kappa shape index (κ2) is 6.80. The Morgan fingerprint density at radius 1 is 1.11 bits per heavy atom. The van der Waals surface area contributed by atoms with Gasteiger partial charge in [0.1, 0.15) is 0 Å². The van der Waals surface area contributed by atoms with Crippen LogP contribution in [0.3, 0.4) is 0 Å². The number of amides is 1. The fourth-order valence-corrected chi connectivity index (χ4v) is 7.10. The highest BCUT2D eigenvalue weighted by Gasteiger charge is 2.53. The number of carbonyl (C=O) groups is 1. The number of fused-ring (bicyclic) bond motifs is 1. The van der Waals surface area contributed by atoms with Crippen molar-refractivity contribution >= 4 is 28.6 Å². The number of thioether (sulfide) groups is 1. The van der Waals surface area contributed by atoms with Crippen LogP contribution >= 0.6 is 11.8 Å². The zero-order valence-corrected chi connectivity index (χ0v) is 16.8. The van der Waals surface area contributed by atoms with E-state index >= 15 is 0 Å². The molecule has 4 bridgehead atoms. The van der Waals surface area contributed by atoms with E-state index in [0.717, 1.165) is 33.7 Å². The van der Waals surface area contributed by atoms with E-state index < -0.39 is 0 Å². The summed E-state index contributed by atoms with van der Waals surface area (Å²) in [7, 11) is 0. The van der Waals surface area contributed by atoms with Gasteiger partial charge >= 0.3 is 0 Å². The smallest absolute Gasteiger partial charge is 0.230 e. The summed E-state index contributed by atoms with van der Waals surface area (Å²) in [5, 5.41) is 5.42. The molecule has 6 rings (SSSR count). The van der Waals surface area contributed by atoms with E-state index in [-0.39, 0.29) is 5.91 Å². The van der Waals surface area contributed by atoms with Gasteiger partial charge in [0, 0.05) is 11.4 Å². The Morgan fingerprint density at radius 3 is 2.48 bits per heavy atom. The van der Waals surface area contributed by atoms with E-state index in [1.54, 1.807) is 0 Å². The van der Waals surface area contributed by atoms with Crippen molar-refractivity contribution in [2.45, 2.75) is 56.5 Å². The first-order valence-electron chi connectivity index (χ1n) is 10.4. The topological polar surface area (TPSA) is 42.0 Å². The van der Waals surface area contributed by atoms with Gasteiger partial charge in [0.25, 0.3) is 0 Å². The first kappa shape index (κ1) is 17.5. The van der Waals surface area contributed by atoms with Crippen molar-refractivity contribution in [1.29, 1.82) is 0 Å². The van der Waals surface area contributed by atoms with Crippen LogP contribution in [0.15, 0.2) is 41.4 Å². The van der Waals surface area contributed by atoms with Gasteiger partial charge in [-0.25, -0.2) is 4.98 Å². The lowest BCUT2D eigenvalue weighted by atomic mass is 9.48. The molecule has 3 nitrogen and oxygen atoms in total. The molecule has 4 heteroatoms. The number of aromatic nitrogens is 1. The van der Waals surface area contributed by atoms with Crippen LogP contribution in [-0.2, 0) is 4.79 Å². The number of pyridine rings is 1. The first-order chi connectivity index (χ1) is 13.1. The van der Waals surface area contributed by atoms with E-state index in [1.807, 2.05) is 24.3 Å². The number of para-hydroxylation sites is 1. The zero-order chi connectivity index (χ0) is 18.4. The Morgan fingerprint density at radius 2 is 1.78 bits per heavy atom. The van der Waals surface area contributed by atoms with Crippen molar-refractivity contribution in [3.05, 3.63) is 36.4 Å². The molecule has 1 N–H and O–H groups in total. The molecule has 27 heavy (non-hydrogen) atoms. The van der Waals surface area contributed by atoms with Gasteiger partial charge in [0.05, 0.1) is 16.3 Å². The summed E-state index contributed by atoms with van der Waals surface area (Å²) >= 11 is 1.54. The van der Waals surface area contributed by atoms with Crippen LogP contribution in [0.5, 0.6) is 0 Å². The molecule has 2 aromatic rings. The molecule has 0 spiro atoms. The van der Waals surface area contributed by atoms with Gasteiger partial charge in [-0.2, -0.15) is 0 Å². The molecule has 142 valence electrons. The third kappa shape index (κ3) is 3.37. The van der Waals surface area contributed by atoms with E-state index in [4.69, 9.17) is 0 Å².